The first kappa shape index (κ1) is 16.1. The molecule has 0 saturated carbocycles. The second-order valence-corrected chi connectivity index (χ2v) is 6.10. The van der Waals surface area contributed by atoms with E-state index in [2.05, 4.69) is 40.8 Å². The van der Waals surface area contributed by atoms with Gasteiger partial charge in [-0.2, -0.15) is 0 Å². The van der Waals surface area contributed by atoms with Crippen molar-refractivity contribution < 1.29 is 9.26 Å². The standard InChI is InChI=1S/C19H26N2O2/c1-2-22-19-18-16(12-8-13-17(18)23-21-19)20-14-7-6-11-15-9-4-3-5-10-15/h3-5,9-10,16,20H,2,6-8,11-14H2,1H3. The van der Waals surface area contributed by atoms with Crippen molar-refractivity contribution >= 4 is 0 Å². The van der Waals surface area contributed by atoms with Crippen molar-refractivity contribution in [2.75, 3.05) is 13.2 Å². The van der Waals surface area contributed by atoms with Crippen molar-refractivity contribution in [3.8, 4) is 5.88 Å². The quantitative estimate of drug-likeness (QED) is 0.746. The highest BCUT2D eigenvalue weighted by molar-refractivity contribution is 5.33. The Kier molecular flexibility index (Phi) is 5.70. The molecule has 2 aromatic rings. The van der Waals surface area contributed by atoms with Gasteiger partial charge in [0.2, 0.25) is 0 Å². The van der Waals surface area contributed by atoms with Crippen LogP contribution in [0.2, 0.25) is 0 Å². The van der Waals surface area contributed by atoms with E-state index < -0.39 is 0 Å². The summed E-state index contributed by atoms with van der Waals surface area (Å²) in [6, 6.07) is 11.0. The van der Waals surface area contributed by atoms with Crippen molar-refractivity contribution in [2.45, 2.75) is 51.5 Å². The van der Waals surface area contributed by atoms with Gasteiger partial charge in [-0.05, 0) is 56.3 Å². The number of nitrogens with one attached hydrogen (secondary N) is 1. The van der Waals surface area contributed by atoms with Crippen LogP contribution in [0.3, 0.4) is 0 Å². The predicted octanol–water partition coefficient (Wildman–Crippen LogP) is 4.06. The van der Waals surface area contributed by atoms with Crippen LogP contribution in [0.15, 0.2) is 34.9 Å². The first-order valence-electron chi connectivity index (χ1n) is 8.77. The van der Waals surface area contributed by atoms with Gasteiger partial charge in [0.15, 0.2) is 0 Å². The highest BCUT2D eigenvalue weighted by atomic mass is 16.5. The van der Waals surface area contributed by atoms with E-state index >= 15 is 0 Å². The molecule has 0 radical (unpaired) electrons. The lowest BCUT2D eigenvalue weighted by Crippen LogP contribution is -2.26. The highest BCUT2D eigenvalue weighted by Crippen LogP contribution is 2.36. The van der Waals surface area contributed by atoms with Gasteiger partial charge in [0.1, 0.15) is 5.76 Å². The van der Waals surface area contributed by atoms with Gasteiger partial charge < -0.3 is 14.6 Å². The number of unbranched alkanes of at least 4 members (excludes halogenated alkanes) is 1. The number of rotatable bonds is 8. The largest absolute Gasteiger partial charge is 0.476 e. The van der Waals surface area contributed by atoms with Gasteiger partial charge in [-0.3, -0.25) is 0 Å². The Hall–Kier alpha value is -1.81. The molecule has 0 saturated heterocycles. The van der Waals surface area contributed by atoms with Crippen molar-refractivity contribution in [3.63, 3.8) is 0 Å². The molecule has 0 bridgehead atoms. The average molecular weight is 314 g/mol. The second-order valence-electron chi connectivity index (χ2n) is 6.10. The molecular weight excluding hydrogens is 288 g/mol. The SMILES string of the molecule is CCOc1noc2c1C(NCCCCc1ccccc1)CCC2. The fraction of sp³-hybridized carbons (Fsp3) is 0.526. The monoisotopic (exact) mass is 314 g/mol. The molecule has 1 N–H and O–H groups in total. The van der Waals surface area contributed by atoms with Crippen LogP contribution in [0.1, 0.15) is 55.5 Å². The van der Waals surface area contributed by atoms with Crippen LogP contribution in [0.25, 0.3) is 0 Å². The van der Waals surface area contributed by atoms with E-state index in [1.807, 2.05) is 6.92 Å². The van der Waals surface area contributed by atoms with E-state index in [1.54, 1.807) is 0 Å². The molecule has 1 heterocycles. The summed E-state index contributed by atoms with van der Waals surface area (Å²) < 4.78 is 11.1. The van der Waals surface area contributed by atoms with Crippen LogP contribution in [0.4, 0.5) is 0 Å². The van der Waals surface area contributed by atoms with Gasteiger partial charge in [0, 0.05) is 12.5 Å². The molecule has 23 heavy (non-hydrogen) atoms. The van der Waals surface area contributed by atoms with Gasteiger partial charge in [0.25, 0.3) is 5.88 Å². The normalized spacial score (nSPS) is 17.0. The number of nitrogens with zero attached hydrogens (tertiary/aromatic N) is 1. The first-order chi connectivity index (χ1) is 11.4. The Bertz CT molecular complexity index is 595. The summed E-state index contributed by atoms with van der Waals surface area (Å²) >= 11 is 0. The molecule has 1 aromatic carbocycles. The smallest absolute Gasteiger partial charge is 0.259 e. The summed E-state index contributed by atoms with van der Waals surface area (Å²) in [4.78, 5) is 0. The minimum atomic E-state index is 0.322. The van der Waals surface area contributed by atoms with Gasteiger partial charge in [-0.15, -0.1) is 0 Å². The van der Waals surface area contributed by atoms with Crippen LogP contribution in [-0.2, 0) is 12.8 Å². The Morgan fingerprint density at radius 1 is 1.26 bits per heavy atom. The number of hydrogen-bond donors (Lipinski definition) is 1. The molecule has 1 aromatic heterocycles. The number of aromatic nitrogens is 1. The number of hydrogen-bond acceptors (Lipinski definition) is 4. The third-order valence-electron chi connectivity index (χ3n) is 4.42. The molecule has 0 spiro atoms. The fourth-order valence-corrected chi connectivity index (χ4v) is 3.27. The van der Waals surface area contributed by atoms with E-state index in [9.17, 15) is 0 Å². The Morgan fingerprint density at radius 3 is 2.96 bits per heavy atom. The van der Waals surface area contributed by atoms with E-state index in [0.29, 0.717) is 18.5 Å². The van der Waals surface area contributed by atoms with E-state index in [-0.39, 0.29) is 0 Å². The fourth-order valence-electron chi connectivity index (χ4n) is 3.27. The maximum Gasteiger partial charge on any atom is 0.259 e. The molecule has 4 heteroatoms. The maximum atomic E-state index is 5.61. The highest BCUT2D eigenvalue weighted by Gasteiger charge is 2.28. The lowest BCUT2D eigenvalue weighted by molar-refractivity contribution is 0.289. The molecule has 1 unspecified atom stereocenters. The van der Waals surface area contributed by atoms with Gasteiger partial charge in [0.05, 0.1) is 12.2 Å². The molecule has 3 rings (SSSR count). The summed E-state index contributed by atoms with van der Waals surface area (Å²) in [5.74, 6) is 1.69. The Morgan fingerprint density at radius 2 is 2.13 bits per heavy atom. The van der Waals surface area contributed by atoms with Crippen LogP contribution in [0, 0.1) is 0 Å². The molecule has 4 nitrogen and oxygen atoms in total. The Balaban J connectivity index is 1.47. The molecule has 0 fully saturated rings. The Labute approximate surface area is 138 Å². The van der Waals surface area contributed by atoms with E-state index in [4.69, 9.17) is 9.26 Å². The zero-order valence-electron chi connectivity index (χ0n) is 13.9. The molecule has 0 amide bonds. The topological polar surface area (TPSA) is 47.3 Å². The number of ether oxygens (including phenoxy) is 1. The van der Waals surface area contributed by atoms with E-state index in [1.165, 1.54) is 18.4 Å². The third kappa shape index (κ3) is 4.14. The first-order valence-corrected chi connectivity index (χ1v) is 8.77. The minimum absolute atomic E-state index is 0.322. The zero-order chi connectivity index (χ0) is 15.9. The lowest BCUT2D eigenvalue weighted by Gasteiger charge is -2.22. The summed E-state index contributed by atoms with van der Waals surface area (Å²) in [6.07, 6.45) is 6.79. The van der Waals surface area contributed by atoms with Gasteiger partial charge >= 0.3 is 0 Å². The third-order valence-corrected chi connectivity index (χ3v) is 4.42. The van der Waals surface area contributed by atoms with Gasteiger partial charge in [-0.25, -0.2) is 0 Å². The molecular formula is C19H26N2O2. The summed E-state index contributed by atoms with van der Waals surface area (Å²) in [5, 5.41) is 7.75. The van der Waals surface area contributed by atoms with Crippen LogP contribution in [-0.4, -0.2) is 18.3 Å². The lowest BCUT2D eigenvalue weighted by atomic mass is 9.93. The number of aryl methyl sites for hydroxylation is 2. The maximum absolute atomic E-state index is 5.61. The number of benzene rings is 1. The molecule has 1 aliphatic carbocycles. The van der Waals surface area contributed by atoms with Gasteiger partial charge in [-0.1, -0.05) is 30.3 Å². The second kappa shape index (κ2) is 8.16. The van der Waals surface area contributed by atoms with Crippen LogP contribution >= 0.6 is 0 Å². The number of fused-ring (bicyclic) bond motifs is 1. The minimum Gasteiger partial charge on any atom is -0.476 e. The van der Waals surface area contributed by atoms with Crippen LogP contribution < -0.4 is 10.1 Å². The van der Waals surface area contributed by atoms with Crippen molar-refractivity contribution in [3.05, 3.63) is 47.2 Å². The van der Waals surface area contributed by atoms with Crippen molar-refractivity contribution in [2.24, 2.45) is 0 Å². The predicted molar refractivity (Wildman–Crippen MR) is 90.7 cm³/mol. The molecule has 1 aliphatic rings. The summed E-state index contributed by atoms with van der Waals surface area (Å²) in [5.41, 5.74) is 2.58. The molecule has 124 valence electrons. The summed E-state index contributed by atoms with van der Waals surface area (Å²) in [7, 11) is 0. The van der Waals surface area contributed by atoms with E-state index in [0.717, 1.165) is 43.6 Å². The average Bonchev–Trinajstić information content (AvgIpc) is 3.00. The molecule has 1 atom stereocenters. The van der Waals surface area contributed by atoms with Crippen molar-refractivity contribution in [1.82, 2.24) is 10.5 Å². The van der Waals surface area contributed by atoms with Crippen molar-refractivity contribution in [1.29, 1.82) is 0 Å². The summed E-state index contributed by atoms with van der Waals surface area (Å²) in [6.45, 7) is 3.63. The molecule has 0 aliphatic heterocycles. The van der Waals surface area contributed by atoms with Crippen LogP contribution in [0.5, 0.6) is 5.88 Å². The zero-order valence-corrected chi connectivity index (χ0v) is 13.9.